The molecule has 0 aliphatic rings. The van der Waals surface area contributed by atoms with Gasteiger partial charge in [-0.25, -0.2) is 4.39 Å². The van der Waals surface area contributed by atoms with E-state index in [0.717, 1.165) is 17.1 Å². The quantitative estimate of drug-likeness (QED) is 0.646. The molecular weight excluding hydrogens is 375 g/mol. The van der Waals surface area contributed by atoms with Crippen LogP contribution >= 0.6 is 23.4 Å². The average molecular weight is 391 g/mol. The Bertz CT molecular complexity index is 960. The van der Waals surface area contributed by atoms with Gasteiger partial charge in [-0.15, -0.1) is 10.2 Å². The number of aromatic nitrogens is 3. The van der Waals surface area contributed by atoms with Gasteiger partial charge in [0, 0.05) is 23.4 Å². The average Bonchev–Trinajstić information content (AvgIpc) is 2.94. The molecule has 26 heavy (non-hydrogen) atoms. The largest absolute Gasteiger partial charge is 0.326 e. The molecule has 2 aromatic carbocycles. The van der Waals surface area contributed by atoms with Gasteiger partial charge in [0.2, 0.25) is 5.91 Å². The van der Waals surface area contributed by atoms with Gasteiger partial charge in [-0.2, -0.15) is 0 Å². The van der Waals surface area contributed by atoms with Gasteiger partial charge >= 0.3 is 0 Å². The van der Waals surface area contributed by atoms with Crippen molar-refractivity contribution in [3.63, 3.8) is 0 Å². The van der Waals surface area contributed by atoms with Gasteiger partial charge in [0.15, 0.2) is 5.16 Å². The molecule has 134 valence electrons. The molecule has 0 saturated carbocycles. The van der Waals surface area contributed by atoms with E-state index in [1.165, 1.54) is 30.8 Å². The number of thioether (sulfide) groups is 1. The van der Waals surface area contributed by atoms with Gasteiger partial charge in [-0.3, -0.25) is 9.36 Å². The van der Waals surface area contributed by atoms with Gasteiger partial charge in [-0.05, 0) is 42.8 Å². The first-order chi connectivity index (χ1) is 12.4. The lowest BCUT2D eigenvalue weighted by atomic mass is 10.2. The maximum absolute atomic E-state index is 13.2. The Morgan fingerprint density at radius 1 is 1.27 bits per heavy atom. The summed E-state index contributed by atoms with van der Waals surface area (Å²) in [5.74, 6) is 0.751. The first-order valence-corrected chi connectivity index (χ1v) is 9.17. The number of benzene rings is 2. The molecule has 0 atom stereocenters. The predicted octanol–water partition coefficient (Wildman–Crippen LogP) is 4.62. The van der Waals surface area contributed by atoms with E-state index in [4.69, 9.17) is 11.6 Å². The zero-order valence-electron chi connectivity index (χ0n) is 14.2. The van der Waals surface area contributed by atoms with Gasteiger partial charge < -0.3 is 5.32 Å². The molecule has 1 heterocycles. The van der Waals surface area contributed by atoms with Crippen LogP contribution in [0, 0.1) is 12.7 Å². The van der Waals surface area contributed by atoms with Gasteiger partial charge in [-0.1, -0.05) is 35.5 Å². The van der Waals surface area contributed by atoms with Gasteiger partial charge in [0.25, 0.3) is 0 Å². The lowest BCUT2D eigenvalue weighted by molar-refractivity contribution is -0.114. The third-order valence-corrected chi connectivity index (χ3v) is 4.92. The van der Waals surface area contributed by atoms with Crippen molar-refractivity contribution in [1.29, 1.82) is 0 Å². The molecule has 0 spiro atoms. The van der Waals surface area contributed by atoms with Crippen LogP contribution < -0.4 is 5.32 Å². The number of hydrogen-bond acceptors (Lipinski definition) is 4. The van der Waals surface area contributed by atoms with Crippen molar-refractivity contribution in [3.8, 4) is 5.69 Å². The fraction of sp³-hybridized carbons (Fsp3) is 0.167. The van der Waals surface area contributed by atoms with Crippen LogP contribution in [-0.4, -0.2) is 20.7 Å². The highest BCUT2D eigenvalue weighted by molar-refractivity contribution is 7.98. The first kappa shape index (κ1) is 18.4. The smallest absolute Gasteiger partial charge is 0.221 e. The van der Waals surface area contributed by atoms with Crippen LogP contribution in [0.15, 0.2) is 47.6 Å². The van der Waals surface area contributed by atoms with Crippen molar-refractivity contribution in [2.24, 2.45) is 0 Å². The number of halogens is 2. The van der Waals surface area contributed by atoms with Gasteiger partial charge in [0.1, 0.15) is 11.6 Å². The number of hydrogen-bond donors (Lipinski definition) is 1. The molecule has 3 aromatic rings. The first-order valence-electron chi connectivity index (χ1n) is 7.81. The highest BCUT2D eigenvalue weighted by Crippen LogP contribution is 2.29. The molecule has 0 fully saturated rings. The molecule has 0 aliphatic heterocycles. The summed E-state index contributed by atoms with van der Waals surface area (Å²) in [6, 6.07) is 11.8. The lowest BCUT2D eigenvalue weighted by Crippen LogP contribution is -2.07. The maximum atomic E-state index is 13.2. The van der Waals surface area contributed by atoms with Crippen molar-refractivity contribution in [3.05, 3.63) is 64.7 Å². The number of anilines is 1. The molecule has 1 amide bonds. The molecule has 0 radical (unpaired) electrons. The molecule has 0 bridgehead atoms. The number of nitrogens with zero attached hydrogens (tertiary/aromatic N) is 3. The van der Waals surface area contributed by atoms with Crippen LogP contribution in [0.2, 0.25) is 5.02 Å². The summed E-state index contributed by atoms with van der Waals surface area (Å²) in [6.45, 7) is 3.32. The second-order valence-electron chi connectivity index (χ2n) is 5.62. The van der Waals surface area contributed by atoms with Crippen LogP contribution in [0.1, 0.15) is 18.3 Å². The number of amides is 1. The number of carbonyl (C=O) groups excluding carboxylic acids is 1. The zero-order valence-corrected chi connectivity index (χ0v) is 15.7. The summed E-state index contributed by atoms with van der Waals surface area (Å²) >= 11 is 7.54. The standard InChI is InChI=1S/C18H16ClFN4OS/c1-11-22-23-18(26-10-13-6-7-14(20)8-17(13)19)24(11)16-5-3-4-15(9-16)21-12(2)25/h3-9H,10H2,1-2H3,(H,21,25). The number of carbonyl (C=O) groups is 1. The highest BCUT2D eigenvalue weighted by Gasteiger charge is 2.13. The normalized spacial score (nSPS) is 10.8. The van der Waals surface area contributed by atoms with E-state index in [9.17, 15) is 9.18 Å². The molecule has 1 N–H and O–H groups in total. The Morgan fingerprint density at radius 3 is 2.81 bits per heavy atom. The maximum Gasteiger partial charge on any atom is 0.221 e. The third-order valence-electron chi connectivity index (χ3n) is 3.59. The second kappa shape index (κ2) is 7.88. The molecule has 0 unspecified atom stereocenters. The molecule has 0 saturated heterocycles. The SMILES string of the molecule is CC(=O)Nc1cccc(-n2c(C)nnc2SCc2ccc(F)cc2Cl)c1. The summed E-state index contributed by atoms with van der Waals surface area (Å²) < 4.78 is 15.1. The fourth-order valence-electron chi connectivity index (χ4n) is 2.44. The van der Waals surface area contributed by atoms with Gasteiger partial charge in [0.05, 0.1) is 5.69 Å². The lowest BCUT2D eigenvalue weighted by Gasteiger charge is -2.11. The monoisotopic (exact) mass is 390 g/mol. The summed E-state index contributed by atoms with van der Waals surface area (Å²) in [7, 11) is 0. The van der Waals surface area contributed by atoms with Crippen molar-refractivity contribution >= 4 is 35.0 Å². The number of rotatable bonds is 5. The van der Waals surface area contributed by atoms with Crippen molar-refractivity contribution in [2.75, 3.05) is 5.32 Å². The topological polar surface area (TPSA) is 59.8 Å². The molecule has 1 aromatic heterocycles. The van der Waals surface area contributed by atoms with Crippen LogP contribution in [-0.2, 0) is 10.5 Å². The Labute approximate surface area is 159 Å². The van der Waals surface area contributed by atoms with E-state index in [0.29, 0.717) is 21.6 Å². The summed E-state index contributed by atoms with van der Waals surface area (Å²) in [5, 5.41) is 12.2. The highest BCUT2D eigenvalue weighted by atomic mass is 35.5. The molecule has 0 aliphatic carbocycles. The molecular formula is C18H16ClFN4OS. The van der Waals surface area contributed by atoms with E-state index < -0.39 is 0 Å². The summed E-state index contributed by atoms with van der Waals surface area (Å²) in [5.41, 5.74) is 2.35. The molecule has 5 nitrogen and oxygen atoms in total. The van der Waals surface area contributed by atoms with Crippen LogP contribution in [0.3, 0.4) is 0 Å². The predicted molar refractivity (Wildman–Crippen MR) is 101 cm³/mol. The zero-order chi connectivity index (χ0) is 18.7. The number of nitrogens with one attached hydrogen (secondary N) is 1. The Balaban J connectivity index is 1.86. The Kier molecular flexibility index (Phi) is 5.58. The van der Waals surface area contributed by atoms with Crippen molar-refractivity contribution < 1.29 is 9.18 Å². The third kappa shape index (κ3) is 4.23. The van der Waals surface area contributed by atoms with Crippen LogP contribution in [0.4, 0.5) is 10.1 Å². The van der Waals surface area contributed by atoms with E-state index in [1.54, 1.807) is 6.07 Å². The van der Waals surface area contributed by atoms with E-state index in [-0.39, 0.29) is 11.7 Å². The van der Waals surface area contributed by atoms with Crippen LogP contribution in [0.5, 0.6) is 0 Å². The summed E-state index contributed by atoms with van der Waals surface area (Å²) in [6.07, 6.45) is 0. The van der Waals surface area contributed by atoms with E-state index in [1.807, 2.05) is 35.8 Å². The minimum absolute atomic E-state index is 0.136. The molecule has 8 heteroatoms. The minimum Gasteiger partial charge on any atom is -0.326 e. The Hall–Kier alpha value is -2.38. The van der Waals surface area contributed by atoms with Crippen molar-refractivity contribution in [1.82, 2.24) is 14.8 Å². The van der Waals surface area contributed by atoms with Crippen molar-refractivity contribution in [2.45, 2.75) is 24.8 Å². The fourth-order valence-corrected chi connectivity index (χ4v) is 3.76. The number of aryl methyl sites for hydroxylation is 1. The Morgan fingerprint density at radius 2 is 2.08 bits per heavy atom. The second-order valence-corrected chi connectivity index (χ2v) is 6.97. The molecule has 3 rings (SSSR count). The van der Waals surface area contributed by atoms with Crippen LogP contribution in [0.25, 0.3) is 5.69 Å². The summed E-state index contributed by atoms with van der Waals surface area (Å²) in [4.78, 5) is 11.3. The van der Waals surface area contributed by atoms with E-state index in [2.05, 4.69) is 15.5 Å². The van der Waals surface area contributed by atoms with E-state index >= 15 is 0 Å². The minimum atomic E-state index is -0.363.